The second-order valence-corrected chi connectivity index (χ2v) is 5.59. The number of carbonyl (C=O) groups excluding carboxylic acids is 1. The molecule has 0 spiro atoms. The molecule has 0 radical (unpaired) electrons. The van der Waals surface area contributed by atoms with E-state index in [1.54, 1.807) is 11.3 Å². The van der Waals surface area contributed by atoms with Gasteiger partial charge in [-0.25, -0.2) is 4.98 Å². The van der Waals surface area contributed by atoms with E-state index >= 15 is 0 Å². The van der Waals surface area contributed by atoms with Gasteiger partial charge in [-0.05, 0) is 26.3 Å². The molecule has 0 aliphatic carbocycles. The second-order valence-electron chi connectivity index (χ2n) is 4.44. The van der Waals surface area contributed by atoms with Gasteiger partial charge in [0.15, 0.2) is 0 Å². The van der Waals surface area contributed by atoms with Crippen molar-refractivity contribution in [2.24, 2.45) is 5.92 Å². The van der Waals surface area contributed by atoms with E-state index in [4.69, 9.17) is 0 Å². The zero-order chi connectivity index (χ0) is 12.3. The van der Waals surface area contributed by atoms with E-state index in [-0.39, 0.29) is 17.9 Å². The highest BCUT2D eigenvalue weighted by Gasteiger charge is 2.24. The third kappa shape index (κ3) is 3.04. The van der Waals surface area contributed by atoms with Crippen molar-refractivity contribution in [2.45, 2.75) is 32.7 Å². The highest BCUT2D eigenvalue weighted by Crippen LogP contribution is 2.21. The first-order chi connectivity index (χ1) is 8.20. The fourth-order valence-corrected chi connectivity index (χ4v) is 2.82. The van der Waals surface area contributed by atoms with Gasteiger partial charge in [0.2, 0.25) is 5.91 Å². The van der Waals surface area contributed by atoms with Crippen LogP contribution in [0.2, 0.25) is 0 Å². The van der Waals surface area contributed by atoms with Gasteiger partial charge < -0.3 is 10.6 Å². The minimum absolute atomic E-state index is 0.0217. The van der Waals surface area contributed by atoms with Crippen molar-refractivity contribution >= 4 is 17.2 Å². The van der Waals surface area contributed by atoms with E-state index in [0.29, 0.717) is 0 Å². The molecule has 1 saturated heterocycles. The smallest absolute Gasteiger partial charge is 0.224 e. The Morgan fingerprint density at radius 1 is 1.76 bits per heavy atom. The highest BCUT2D eigenvalue weighted by molar-refractivity contribution is 7.11. The van der Waals surface area contributed by atoms with E-state index in [2.05, 4.69) is 22.5 Å². The number of nitrogens with one attached hydrogen (secondary N) is 2. The molecule has 1 aromatic rings. The molecule has 2 rings (SSSR count). The van der Waals surface area contributed by atoms with Gasteiger partial charge in [-0.15, -0.1) is 11.3 Å². The average molecular weight is 253 g/mol. The summed E-state index contributed by atoms with van der Waals surface area (Å²) in [6.07, 6.45) is 3.85. The van der Waals surface area contributed by atoms with E-state index in [1.807, 2.05) is 13.1 Å². The van der Waals surface area contributed by atoms with Crippen LogP contribution < -0.4 is 10.6 Å². The minimum atomic E-state index is 0.0217. The van der Waals surface area contributed by atoms with Gasteiger partial charge in [0.1, 0.15) is 5.01 Å². The van der Waals surface area contributed by atoms with Gasteiger partial charge >= 0.3 is 0 Å². The predicted molar refractivity (Wildman–Crippen MR) is 69.0 cm³/mol. The van der Waals surface area contributed by atoms with Gasteiger partial charge in [-0.3, -0.25) is 4.79 Å². The van der Waals surface area contributed by atoms with E-state index < -0.39 is 0 Å². The molecule has 1 fully saturated rings. The number of nitrogens with zero attached hydrogens (tertiary/aromatic N) is 1. The van der Waals surface area contributed by atoms with Crippen LogP contribution in [-0.4, -0.2) is 24.0 Å². The molecule has 0 saturated carbocycles. The lowest BCUT2D eigenvalue weighted by molar-refractivity contribution is -0.125. The molecule has 1 amide bonds. The monoisotopic (exact) mass is 253 g/mol. The first-order valence-electron chi connectivity index (χ1n) is 6.16. The van der Waals surface area contributed by atoms with Crippen LogP contribution in [0.1, 0.15) is 36.2 Å². The van der Waals surface area contributed by atoms with E-state index in [9.17, 15) is 4.79 Å². The molecule has 1 aliphatic heterocycles. The molecule has 0 aromatic carbocycles. The Balaban J connectivity index is 1.91. The largest absolute Gasteiger partial charge is 0.347 e. The third-order valence-electron chi connectivity index (χ3n) is 3.08. The fourth-order valence-electron chi connectivity index (χ4n) is 1.96. The Labute approximate surface area is 106 Å². The average Bonchev–Trinajstić information content (AvgIpc) is 3.00. The molecule has 17 heavy (non-hydrogen) atoms. The fraction of sp³-hybridized carbons (Fsp3) is 0.667. The maximum atomic E-state index is 11.9. The normalized spacial score (nSPS) is 21.4. The number of hydrogen-bond acceptors (Lipinski definition) is 4. The van der Waals surface area contributed by atoms with Crippen molar-refractivity contribution in [1.82, 2.24) is 15.6 Å². The summed E-state index contributed by atoms with van der Waals surface area (Å²) in [5.74, 6) is 0.277. The summed E-state index contributed by atoms with van der Waals surface area (Å²) in [5.41, 5.74) is 0. The molecule has 0 bridgehead atoms. The van der Waals surface area contributed by atoms with Crippen LogP contribution in [0.3, 0.4) is 0 Å². The molecule has 94 valence electrons. The number of hydrogen-bond donors (Lipinski definition) is 2. The molecule has 0 unspecified atom stereocenters. The Kier molecular flexibility index (Phi) is 4.12. The van der Waals surface area contributed by atoms with Crippen molar-refractivity contribution < 1.29 is 4.79 Å². The zero-order valence-electron chi connectivity index (χ0n) is 10.3. The molecule has 5 heteroatoms. The van der Waals surface area contributed by atoms with Crippen LogP contribution in [0.15, 0.2) is 6.20 Å². The van der Waals surface area contributed by atoms with Crippen molar-refractivity contribution in [2.75, 3.05) is 13.1 Å². The lowest BCUT2D eigenvalue weighted by atomic mass is 10.1. The van der Waals surface area contributed by atoms with Gasteiger partial charge in [0, 0.05) is 17.6 Å². The standard InChI is InChI=1S/C12H19N3OS/c1-3-10-7-14-12(17-10)8(2)15-11(16)9-4-5-13-6-9/h7-9,13H,3-6H2,1-2H3,(H,15,16)/t8-,9-/m0/s1. The van der Waals surface area contributed by atoms with Gasteiger partial charge in [-0.2, -0.15) is 0 Å². The molecule has 2 atom stereocenters. The Bertz CT molecular complexity index is 385. The quantitative estimate of drug-likeness (QED) is 0.855. The lowest BCUT2D eigenvalue weighted by Gasteiger charge is -2.14. The van der Waals surface area contributed by atoms with Gasteiger partial charge in [0.25, 0.3) is 0 Å². The van der Waals surface area contributed by atoms with Crippen molar-refractivity contribution in [3.05, 3.63) is 16.1 Å². The molecular formula is C12H19N3OS. The summed E-state index contributed by atoms with van der Waals surface area (Å²) >= 11 is 1.68. The van der Waals surface area contributed by atoms with Crippen molar-refractivity contribution in [1.29, 1.82) is 0 Å². The summed E-state index contributed by atoms with van der Waals surface area (Å²) in [5, 5.41) is 7.25. The second kappa shape index (κ2) is 5.60. The SMILES string of the molecule is CCc1cnc([C@H](C)NC(=O)[C@H]2CCNC2)s1. The van der Waals surface area contributed by atoms with Gasteiger partial charge in [0.05, 0.1) is 12.0 Å². The topological polar surface area (TPSA) is 54.0 Å². The predicted octanol–water partition coefficient (Wildman–Crippen LogP) is 1.49. The van der Waals surface area contributed by atoms with Crippen molar-refractivity contribution in [3.8, 4) is 0 Å². The Morgan fingerprint density at radius 2 is 2.59 bits per heavy atom. The Hall–Kier alpha value is -0.940. The number of rotatable bonds is 4. The molecule has 2 N–H and O–H groups in total. The van der Waals surface area contributed by atoms with Crippen molar-refractivity contribution in [3.63, 3.8) is 0 Å². The third-order valence-corrected chi connectivity index (χ3v) is 4.40. The first-order valence-corrected chi connectivity index (χ1v) is 6.98. The number of amides is 1. The molecule has 4 nitrogen and oxygen atoms in total. The lowest BCUT2D eigenvalue weighted by Crippen LogP contribution is -2.33. The maximum absolute atomic E-state index is 11.9. The molecule has 2 heterocycles. The zero-order valence-corrected chi connectivity index (χ0v) is 11.1. The molecular weight excluding hydrogens is 234 g/mol. The van der Waals surface area contributed by atoms with Crippen LogP contribution in [0.25, 0.3) is 0 Å². The van der Waals surface area contributed by atoms with Crippen LogP contribution in [-0.2, 0) is 11.2 Å². The number of carbonyl (C=O) groups is 1. The summed E-state index contributed by atoms with van der Waals surface area (Å²) in [7, 11) is 0. The van der Waals surface area contributed by atoms with E-state index in [1.165, 1.54) is 4.88 Å². The first kappa shape index (κ1) is 12.5. The van der Waals surface area contributed by atoms with Gasteiger partial charge in [-0.1, -0.05) is 6.92 Å². The maximum Gasteiger partial charge on any atom is 0.224 e. The summed E-state index contributed by atoms with van der Waals surface area (Å²) in [6, 6.07) is 0.0217. The number of thiazole rings is 1. The minimum Gasteiger partial charge on any atom is -0.347 e. The van der Waals surface area contributed by atoms with Crippen LogP contribution in [0.4, 0.5) is 0 Å². The van der Waals surface area contributed by atoms with Crippen LogP contribution >= 0.6 is 11.3 Å². The molecule has 1 aliphatic rings. The number of aromatic nitrogens is 1. The van der Waals surface area contributed by atoms with E-state index in [0.717, 1.165) is 30.9 Å². The molecule has 1 aromatic heterocycles. The summed E-state index contributed by atoms with van der Waals surface area (Å²) < 4.78 is 0. The van der Waals surface area contributed by atoms with Crippen LogP contribution in [0.5, 0.6) is 0 Å². The summed E-state index contributed by atoms with van der Waals surface area (Å²) in [4.78, 5) is 17.6. The highest BCUT2D eigenvalue weighted by atomic mass is 32.1. The summed E-state index contributed by atoms with van der Waals surface area (Å²) in [6.45, 7) is 5.86. The number of aryl methyl sites for hydroxylation is 1. The Morgan fingerprint density at radius 3 is 3.18 bits per heavy atom. The van der Waals surface area contributed by atoms with Crippen LogP contribution in [0, 0.1) is 5.92 Å².